The molecule has 5 nitrogen and oxygen atoms in total. The number of carboxylic acids is 1. The Morgan fingerprint density at radius 2 is 1.56 bits per heavy atom. The van der Waals surface area contributed by atoms with E-state index in [0.29, 0.717) is 37.2 Å². The third-order valence-corrected chi connectivity index (χ3v) is 5.58. The smallest absolute Gasteiger partial charge is 0.314 e. The number of aliphatic carboxylic acids is 1. The maximum Gasteiger partial charge on any atom is 0.314 e. The molecule has 5 heteroatoms. The predicted molar refractivity (Wildman–Crippen MR) is 90.7 cm³/mol. The van der Waals surface area contributed by atoms with E-state index in [0.717, 1.165) is 11.1 Å². The number of rotatable bonds is 3. The van der Waals surface area contributed by atoms with E-state index in [1.54, 1.807) is 12.1 Å². The van der Waals surface area contributed by atoms with Crippen LogP contribution in [0, 0.1) is 0 Å². The second-order valence-corrected chi connectivity index (χ2v) is 6.85. The van der Waals surface area contributed by atoms with Crippen molar-refractivity contribution in [3.05, 3.63) is 59.7 Å². The van der Waals surface area contributed by atoms with Gasteiger partial charge in [0.2, 0.25) is 6.79 Å². The van der Waals surface area contributed by atoms with Gasteiger partial charge in [0, 0.05) is 0 Å². The molecule has 130 valence electrons. The molecule has 0 atom stereocenters. The average Bonchev–Trinajstić information content (AvgIpc) is 3.11. The molecule has 1 fully saturated rings. The molecular formula is C20H20O5. The van der Waals surface area contributed by atoms with Gasteiger partial charge in [0.05, 0.1) is 11.0 Å². The summed E-state index contributed by atoms with van der Waals surface area (Å²) in [5.74, 6) is 0.475. The molecule has 1 saturated carbocycles. The van der Waals surface area contributed by atoms with Crippen molar-refractivity contribution in [1.29, 1.82) is 0 Å². The van der Waals surface area contributed by atoms with E-state index in [1.165, 1.54) is 0 Å². The number of fused-ring (bicyclic) bond motifs is 1. The highest BCUT2D eigenvalue weighted by atomic mass is 16.7. The second kappa shape index (κ2) is 5.77. The fraction of sp³-hybridized carbons (Fsp3) is 0.350. The highest BCUT2D eigenvalue weighted by Crippen LogP contribution is 2.48. The molecule has 0 radical (unpaired) electrons. The van der Waals surface area contributed by atoms with Crippen molar-refractivity contribution in [2.24, 2.45) is 0 Å². The van der Waals surface area contributed by atoms with Gasteiger partial charge < -0.3 is 19.7 Å². The van der Waals surface area contributed by atoms with Crippen molar-refractivity contribution in [2.45, 2.75) is 36.7 Å². The van der Waals surface area contributed by atoms with Crippen molar-refractivity contribution < 1.29 is 24.5 Å². The molecule has 1 aliphatic carbocycles. The molecule has 0 bridgehead atoms. The van der Waals surface area contributed by atoms with Gasteiger partial charge in [0.1, 0.15) is 0 Å². The number of benzene rings is 2. The van der Waals surface area contributed by atoms with Crippen LogP contribution in [0.25, 0.3) is 0 Å². The Hall–Kier alpha value is -2.53. The largest absolute Gasteiger partial charge is 0.481 e. The number of ether oxygens (including phenoxy) is 2. The lowest BCUT2D eigenvalue weighted by molar-refractivity contribution is -0.148. The number of carbonyl (C=O) groups is 1. The van der Waals surface area contributed by atoms with Crippen molar-refractivity contribution in [3.8, 4) is 11.5 Å². The first-order valence-corrected chi connectivity index (χ1v) is 8.45. The van der Waals surface area contributed by atoms with Gasteiger partial charge in [-0.1, -0.05) is 36.4 Å². The summed E-state index contributed by atoms with van der Waals surface area (Å²) in [7, 11) is 0. The summed E-state index contributed by atoms with van der Waals surface area (Å²) in [6.45, 7) is 0.188. The molecule has 4 rings (SSSR count). The quantitative estimate of drug-likeness (QED) is 0.897. The lowest BCUT2D eigenvalue weighted by Gasteiger charge is -2.42. The Bertz CT molecular complexity index is 791. The molecule has 2 aliphatic rings. The molecule has 2 aromatic rings. The van der Waals surface area contributed by atoms with Gasteiger partial charge in [-0.2, -0.15) is 0 Å². The molecule has 0 saturated heterocycles. The Kier molecular flexibility index (Phi) is 3.69. The summed E-state index contributed by atoms with van der Waals surface area (Å²) in [5.41, 5.74) is -0.433. The number of hydrogen-bond acceptors (Lipinski definition) is 4. The molecule has 1 heterocycles. The molecule has 25 heavy (non-hydrogen) atoms. The van der Waals surface area contributed by atoms with Crippen LogP contribution in [0.5, 0.6) is 11.5 Å². The van der Waals surface area contributed by atoms with Crippen LogP contribution in [0.4, 0.5) is 0 Å². The zero-order chi connectivity index (χ0) is 17.5. The minimum atomic E-state index is -1.05. The Morgan fingerprint density at radius 1 is 0.880 bits per heavy atom. The Balaban J connectivity index is 1.62. The minimum Gasteiger partial charge on any atom is -0.481 e. The monoisotopic (exact) mass is 340 g/mol. The van der Waals surface area contributed by atoms with Crippen LogP contribution in [-0.4, -0.2) is 23.0 Å². The van der Waals surface area contributed by atoms with Gasteiger partial charge >= 0.3 is 5.97 Å². The van der Waals surface area contributed by atoms with E-state index in [2.05, 4.69) is 0 Å². The van der Waals surface area contributed by atoms with E-state index < -0.39 is 17.0 Å². The summed E-state index contributed by atoms with van der Waals surface area (Å²) in [5, 5.41) is 21.0. The molecule has 2 N–H and O–H groups in total. The molecule has 0 amide bonds. The molecule has 0 aromatic heterocycles. The third-order valence-electron chi connectivity index (χ3n) is 5.58. The molecule has 1 aliphatic heterocycles. The van der Waals surface area contributed by atoms with Crippen molar-refractivity contribution >= 4 is 5.97 Å². The fourth-order valence-corrected chi connectivity index (χ4v) is 3.95. The maximum absolute atomic E-state index is 12.1. The number of aliphatic hydroxyl groups is 1. The summed E-state index contributed by atoms with van der Waals surface area (Å²) in [6, 6.07) is 14.8. The summed E-state index contributed by atoms with van der Waals surface area (Å²) in [4.78, 5) is 12.1. The highest BCUT2D eigenvalue weighted by molar-refractivity contribution is 5.81. The van der Waals surface area contributed by atoms with E-state index in [9.17, 15) is 15.0 Å². The van der Waals surface area contributed by atoms with Gasteiger partial charge in [-0.3, -0.25) is 4.79 Å². The van der Waals surface area contributed by atoms with Gasteiger partial charge in [-0.05, 0) is 48.9 Å². The highest BCUT2D eigenvalue weighted by Gasteiger charge is 2.48. The van der Waals surface area contributed by atoms with Gasteiger partial charge in [0.25, 0.3) is 0 Å². The standard InChI is InChI=1S/C20H20O5/c21-18(22)19(14-4-2-1-3-5-14)8-10-20(23,11-9-19)15-6-7-16-17(12-15)25-13-24-16/h1-7,12,23H,8-11,13H2,(H,21,22). The first-order chi connectivity index (χ1) is 12.0. The van der Waals surface area contributed by atoms with Crippen LogP contribution in [-0.2, 0) is 15.8 Å². The average molecular weight is 340 g/mol. The van der Waals surface area contributed by atoms with E-state index in [4.69, 9.17) is 9.47 Å². The van der Waals surface area contributed by atoms with Gasteiger partial charge in [0.15, 0.2) is 11.5 Å². The summed E-state index contributed by atoms with van der Waals surface area (Å²) >= 11 is 0. The normalized spacial score (nSPS) is 27.9. The lowest BCUT2D eigenvalue weighted by atomic mass is 9.64. The van der Waals surface area contributed by atoms with E-state index >= 15 is 0 Å². The van der Waals surface area contributed by atoms with Crippen molar-refractivity contribution in [3.63, 3.8) is 0 Å². The van der Waals surface area contributed by atoms with Gasteiger partial charge in [-0.25, -0.2) is 0 Å². The Morgan fingerprint density at radius 3 is 2.24 bits per heavy atom. The second-order valence-electron chi connectivity index (χ2n) is 6.85. The Labute approximate surface area is 145 Å². The van der Waals surface area contributed by atoms with Crippen LogP contribution < -0.4 is 9.47 Å². The van der Waals surface area contributed by atoms with Crippen LogP contribution in [0.15, 0.2) is 48.5 Å². The van der Waals surface area contributed by atoms with Crippen molar-refractivity contribution in [2.75, 3.05) is 6.79 Å². The minimum absolute atomic E-state index is 0.188. The van der Waals surface area contributed by atoms with Gasteiger partial charge in [-0.15, -0.1) is 0 Å². The zero-order valence-electron chi connectivity index (χ0n) is 13.8. The molecule has 0 spiro atoms. The lowest BCUT2D eigenvalue weighted by Crippen LogP contribution is -2.44. The topological polar surface area (TPSA) is 76.0 Å². The van der Waals surface area contributed by atoms with Crippen LogP contribution in [0.1, 0.15) is 36.8 Å². The molecular weight excluding hydrogens is 320 g/mol. The number of carboxylic acid groups (broad SMARTS) is 1. The SMILES string of the molecule is O=C(O)C1(c2ccccc2)CCC(O)(c2ccc3c(c2)OCO3)CC1. The van der Waals surface area contributed by atoms with E-state index in [-0.39, 0.29) is 6.79 Å². The first-order valence-electron chi connectivity index (χ1n) is 8.45. The third kappa shape index (κ3) is 2.55. The maximum atomic E-state index is 12.1. The molecule has 2 aromatic carbocycles. The predicted octanol–water partition coefficient (Wildman–Crippen LogP) is 3.20. The summed E-state index contributed by atoms with van der Waals surface area (Å²) in [6.07, 6.45) is 1.54. The molecule has 0 unspecified atom stereocenters. The van der Waals surface area contributed by atoms with E-state index in [1.807, 2.05) is 36.4 Å². The fourth-order valence-electron chi connectivity index (χ4n) is 3.95. The van der Waals surface area contributed by atoms with Crippen LogP contribution in [0.3, 0.4) is 0 Å². The van der Waals surface area contributed by atoms with Crippen LogP contribution in [0.2, 0.25) is 0 Å². The van der Waals surface area contributed by atoms with Crippen molar-refractivity contribution in [1.82, 2.24) is 0 Å². The number of hydrogen-bond donors (Lipinski definition) is 2. The summed E-state index contributed by atoms with van der Waals surface area (Å²) < 4.78 is 10.7. The zero-order valence-corrected chi connectivity index (χ0v) is 13.8. The first kappa shape index (κ1) is 16.0. The van der Waals surface area contributed by atoms with Crippen LogP contribution >= 0.6 is 0 Å².